The van der Waals surface area contributed by atoms with Crippen LogP contribution in [-0.4, -0.2) is 30.8 Å². The van der Waals surface area contributed by atoms with Gasteiger partial charge in [0.15, 0.2) is 0 Å². The third kappa shape index (κ3) is 2.94. The molecule has 0 saturated carbocycles. The van der Waals surface area contributed by atoms with Gasteiger partial charge in [-0.3, -0.25) is 4.79 Å². The van der Waals surface area contributed by atoms with Gasteiger partial charge in [-0.1, -0.05) is 6.07 Å². The van der Waals surface area contributed by atoms with Crippen LogP contribution in [0, 0.1) is 0 Å². The van der Waals surface area contributed by atoms with Crippen molar-refractivity contribution in [1.29, 1.82) is 0 Å². The molecule has 0 aliphatic carbocycles. The largest absolute Gasteiger partial charge is 0.497 e. The summed E-state index contributed by atoms with van der Waals surface area (Å²) in [7, 11) is 3.29. The molecule has 2 aromatic rings. The summed E-state index contributed by atoms with van der Waals surface area (Å²) in [4.78, 5) is 15.4. The highest BCUT2D eigenvalue weighted by Gasteiger charge is 2.35. The molecule has 1 aromatic heterocycles. The van der Waals surface area contributed by atoms with Crippen LogP contribution in [-0.2, 0) is 11.3 Å². The Labute approximate surface area is 138 Å². The Morgan fingerprint density at radius 2 is 2.14 bits per heavy atom. The van der Waals surface area contributed by atoms with E-state index in [0.717, 1.165) is 17.1 Å². The van der Waals surface area contributed by atoms with Gasteiger partial charge in [0.05, 0.1) is 26.5 Å². The molecule has 1 aliphatic rings. The van der Waals surface area contributed by atoms with Crippen LogP contribution in [0.15, 0.2) is 35.7 Å². The van der Waals surface area contributed by atoms with E-state index in [-0.39, 0.29) is 11.3 Å². The van der Waals surface area contributed by atoms with Gasteiger partial charge in [0.25, 0.3) is 0 Å². The standard InChI is InChI=1S/C16H17NO3S2/c1-19-11-5-6-14(20-2)13(8-11)16-17(15(18)10-22-16)9-12-4-3-7-21-12/h3-8,16H,9-10H2,1-2H3. The molecule has 1 fully saturated rings. The number of methoxy groups -OCH3 is 2. The zero-order chi connectivity index (χ0) is 15.5. The number of nitrogens with zero attached hydrogens (tertiary/aromatic N) is 1. The SMILES string of the molecule is COc1ccc(OC)c(C2SCC(=O)N2Cc2cccs2)c1. The van der Waals surface area contributed by atoms with Crippen molar-refractivity contribution in [1.82, 2.24) is 4.90 Å². The van der Waals surface area contributed by atoms with Crippen LogP contribution in [0.4, 0.5) is 0 Å². The lowest BCUT2D eigenvalue weighted by molar-refractivity contribution is -0.128. The Bertz CT molecular complexity index is 657. The van der Waals surface area contributed by atoms with Gasteiger partial charge >= 0.3 is 0 Å². The van der Waals surface area contributed by atoms with Crippen LogP contribution >= 0.6 is 23.1 Å². The number of thiophene rings is 1. The maximum absolute atomic E-state index is 12.3. The molecule has 0 bridgehead atoms. The second kappa shape index (κ2) is 6.62. The lowest BCUT2D eigenvalue weighted by Gasteiger charge is -2.25. The quantitative estimate of drug-likeness (QED) is 0.838. The highest BCUT2D eigenvalue weighted by Crippen LogP contribution is 2.44. The zero-order valence-electron chi connectivity index (χ0n) is 12.4. The molecule has 6 heteroatoms. The Morgan fingerprint density at radius 3 is 2.82 bits per heavy atom. The van der Waals surface area contributed by atoms with Crippen LogP contribution in [0.25, 0.3) is 0 Å². The molecule has 1 atom stereocenters. The van der Waals surface area contributed by atoms with Gasteiger partial charge in [0.2, 0.25) is 5.91 Å². The topological polar surface area (TPSA) is 38.8 Å². The highest BCUT2D eigenvalue weighted by molar-refractivity contribution is 8.00. The van der Waals surface area contributed by atoms with Crippen LogP contribution in [0.3, 0.4) is 0 Å². The minimum Gasteiger partial charge on any atom is -0.497 e. The van der Waals surface area contributed by atoms with E-state index in [1.165, 1.54) is 4.88 Å². The van der Waals surface area contributed by atoms with Crippen molar-refractivity contribution < 1.29 is 14.3 Å². The summed E-state index contributed by atoms with van der Waals surface area (Å²) < 4.78 is 10.8. The van der Waals surface area contributed by atoms with Crippen molar-refractivity contribution in [2.45, 2.75) is 11.9 Å². The third-order valence-corrected chi connectivity index (χ3v) is 5.68. The predicted molar refractivity (Wildman–Crippen MR) is 89.6 cm³/mol. The van der Waals surface area contributed by atoms with Crippen molar-refractivity contribution in [3.05, 3.63) is 46.2 Å². The average molecular weight is 335 g/mol. The first-order valence-electron chi connectivity index (χ1n) is 6.88. The van der Waals surface area contributed by atoms with Crippen molar-refractivity contribution in [2.75, 3.05) is 20.0 Å². The summed E-state index contributed by atoms with van der Waals surface area (Å²) in [5.41, 5.74) is 0.981. The molecule has 1 saturated heterocycles. The summed E-state index contributed by atoms with van der Waals surface area (Å²) in [6.45, 7) is 0.633. The highest BCUT2D eigenvalue weighted by atomic mass is 32.2. The number of benzene rings is 1. The smallest absolute Gasteiger partial charge is 0.234 e. The molecule has 1 unspecified atom stereocenters. The number of rotatable bonds is 5. The summed E-state index contributed by atoms with van der Waals surface area (Å²) in [6, 6.07) is 9.78. The fourth-order valence-electron chi connectivity index (χ4n) is 2.49. The van der Waals surface area contributed by atoms with E-state index in [9.17, 15) is 4.79 Å². The number of carbonyl (C=O) groups excluding carboxylic acids is 1. The van der Waals surface area contributed by atoms with E-state index in [1.54, 1.807) is 37.3 Å². The van der Waals surface area contributed by atoms with Crippen molar-refractivity contribution in [3.8, 4) is 11.5 Å². The molecule has 3 rings (SSSR count). The lowest BCUT2D eigenvalue weighted by Crippen LogP contribution is -2.27. The van der Waals surface area contributed by atoms with E-state index < -0.39 is 0 Å². The molecule has 22 heavy (non-hydrogen) atoms. The molecule has 4 nitrogen and oxygen atoms in total. The summed E-state index contributed by atoms with van der Waals surface area (Å²) >= 11 is 3.30. The number of hydrogen-bond acceptors (Lipinski definition) is 5. The molecule has 1 aliphatic heterocycles. The van der Waals surface area contributed by atoms with Crippen molar-refractivity contribution >= 4 is 29.0 Å². The fraction of sp³-hybridized carbons (Fsp3) is 0.312. The van der Waals surface area contributed by atoms with Crippen molar-refractivity contribution in [3.63, 3.8) is 0 Å². The normalized spacial score (nSPS) is 17.8. The first-order chi connectivity index (χ1) is 10.7. The van der Waals surface area contributed by atoms with Crippen LogP contribution in [0.5, 0.6) is 11.5 Å². The molecular weight excluding hydrogens is 318 g/mol. The molecule has 0 N–H and O–H groups in total. The lowest BCUT2D eigenvalue weighted by atomic mass is 10.1. The first-order valence-corrected chi connectivity index (χ1v) is 8.81. The van der Waals surface area contributed by atoms with Gasteiger partial charge in [-0.25, -0.2) is 0 Å². The minimum atomic E-state index is -0.0420. The van der Waals surface area contributed by atoms with Crippen LogP contribution in [0.2, 0.25) is 0 Å². The van der Waals surface area contributed by atoms with E-state index in [2.05, 4.69) is 6.07 Å². The zero-order valence-corrected chi connectivity index (χ0v) is 14.1. The number of amides is 1. The summed E-state index contributed by atoms with van der Waals surface area (Å²) in [5.74, 6) is 2.21. The summed E-state index contributed by atoms with van der Waals surface area (Å²) in [6.07, 6.45) is 0. The van der Waals surface area contributed by atoms with Gasteiger partial charge in [-0.15, -0.1) is 23.1 Å². The Hall–Kier alpha value is -1.66. The molecule has 1 amide bonds. The predicted octanol–water partition coefficient (Wildman–Crippen LogP) is 3.54. The number of ether oxygens (including phenoxy) is 2. The van der Waals surface area contributed by atoms with Gasteiger partial charge < -0.3 is 14.4 Å². The number of thioether (sulfide) groups is 1. The molecule has 1 aromatic carbocycles. The Morgan fingerprint density at radius 1 is 1.27 bits per heavy atom. The Kier molecular flexibility index (Phi) is 4.59. The van der Waals surface area contributed by atoms with Crippen LogP contribution in [0.1, 0.15) is 15.8 Å². The molecule has 2 heterocycles. The summed E-state index contributed by atoms with van der Waals surface area (Å²) in [5, 5.41) is 1.99. The van der Waals surface area contributed by atoms with E-state index in [0.29, 0.717) is 12.3 Å². The minimum absolute atomic E-state index is 0.0420. The van der Waals surface area contributed by atoms with Crippen LogP contribution < -0.4 is 9.47 Å². The molecule has 0 radical (unpaired) electrons. The van der Waals surface area contributed by atoms with Gasteiger partial charge in [-0.05, 0) is 29.6 Å². The molecular formula is C16H17NO3S2. The molecule has 0 spiro atoms. The Balaban J connectivity index is 1.93. The van der Waals surface area contributed by atoms with E-state index >= 15 is 0 Å². The maximum Gasteiger partial charge on any atom is 0.234 e. The number of hydrogen-bond donors (Lipinski definition) is 0. The van der Waals surface area contributed by atoms with Gasteiger partial charge in [-0.2, -0.15) is 0 Å². The maximum atomic E-state index is 12.3. The van der Waals surface area contributed by atoms with Gasteiger partial charge in [0, 0.05) is 10.4 Å². The second-order valence-electron chi connectivity index (χ2n) is 4.87. The van der Waals surface area contributed by atoms with E-state index in [4.69, 9.17) is 9.47 Å². The first kappa shape index (κ1) is 15.2. The fourth-order valence-corrected chi connectivity index (χ4v) is 4.39. The average Bonchev–Trinajstić information content (AvgIpc) is 3.18. The third-order valence-electron chi connectivity index (χ3n) is 3.58. The molecule has 116 valence electrons. The van der Waals surface area contributed by atoms with Gasteiger partial charge in [0.1, 0.15) is 16.9 Å². The number of carbonyl (C=O) groups is 1. The van der Waals surface area contributed by atoms with Crippen molar-refractivity contribution in [2.24, 2.45) is 0 Å². The van der Waals surface area contributed by atoms with E-state index in [1.807, 2.05) is 34.5 Å². The monoisotopic (exact) mass is 335 g/mol. The second-order valence-corrected chi connectivity index (χ2v) is 6.97.